The fraction of sp³-hybridized carbons (Fsp3) is 1.00. The summed E-state index contributed by atoms with van der Waals surface area (Å²) in [6, 6.07) is 0. The molecule has 6 N–H and O–H groups in total. The molecule has 4 heteroatoms. The Morgan fingerprint density at radius 1 is 0.333 bits per heavy atom. The molecular formula is C38H82N2O2. The largest absolute Gasteiger partial charge is 0.366 e. The molecule has 0 atom stereocenters. The summed E-state index contributed by atoms with van der Waals surface area (Å²) in [5.41, 5.74) is 11.0. The molecule has 0 spiro atoms. The van der Waals surface area contributed by atoms with E-state index in [2.05, 4.69) is 6.92 Å². The Balaban J connectivity index is 0. The summed E-state index contributed by atoms with van der Waals surface area (Å²) < 4.78 is 0. The lowest BCUT2D eigenvalue weighted by molar-refractivity contribution is -0.150. The number of rotatable bonds is 34. The third kappa shape index (κ3) is 46.8. The zero-order valence-electron chi connectivity index (χ0n) is 29.3. The molecule has 256 valence electrons. The zero-order chi connectivity index (χ0) is 31.2. The van der Waals surface area contributed by atoms with Crippen LogP contribution in [-0.2, 0) is 0 Å². The van der Waals surface area contributed by atoms with Gasteiger partial charge in [0.05, 0.1) is 0 Å². The van der Waals surface area contributed by atoms with Gasteiger partial charge >= 0.3 is 0 Å². The van der Waals surface area contributed by atoms with E-state index in [1.165, 1.54) is 200 Å². The highest BCUT2D eigenvalue weighted by molar-refractivity contribution is 4.57. The van der Waals surface area contributed by atoms with Gasteiger partial charge in [0, 0.05) is 6.42 Å². The van der Waals surface area contributed by atoms with E-state index in [4.69, 9.17) is 11.5 Å². The molecule has 0 bridgehead atoms. The molecule has 0 aliphatic carbocycles. The van der Waals surface area contributed by atoms with E-state index in [-0.39, 0.29) is 0 Å². The minimum Gasteiger partial charge on any atom is -0.366 e. The van der Waals surface area contributed by atoms with Crippen LogP contribution >= 0.6 is 0 Å². The van der Waals surface area contributed by atoms with Crippen LogP contribution in [0.3, 0.4) is 0 Å². The Labute approximate surface area is 266 Å². The van der Waals surface area contributed by atoms with Gasteiger partial charge in [-0.2, -0.15) is 0 Å². The summed E-state index contributed by atoms with van der Waals surface area (Å²) in [6.45, 7) is 5.48. The Morgan fingerprint density at radius 3 is 0.714 bits per heavy atom. The van der Waals surface area contributed by atoms with Crippen molar-refractivity contribution >= 4 is 0 Å². The van der Waals surface area contributed by atoms with E-state index in [9.17, 15) is 10.2 Å². The maximum atomic E-state index is 9.19. The predicted molar refractivity (Wildman–Crippen MR) is 189 cm³/mol. The van der Waals surface area contributed by atoms with E-state index in [1.54, 1.807) is 0 Å². The van der Waals surface area contributed by atoms with Gasteiger partial charge in [-0.1, -0.05) is 193 Å². The van der Waals surface area contributed by atoms with Crippen molar-refractivity contribution in [2.45, 2.75) is 232 Å². The smallest absolute Gasteiger partial charge is 0.159 e. The van der Waals surface area contributed by atoms with Gasteiger partial charge in [-0.25, -0.2) is 0 Å². The second-order valence-corrected chi connectivity index (χ2v) is 13.5. The van der Waals surface area contributed by atoms with Gasteiger partial charge < -0.3 is 21.7 Å². The first kappa shape index (κ1) is 44.0. The molecule has 0 aromatic heterocycles. The molecule has 0 heterocycles. The lowest BCUT2D eigenvalue weighted by Gasteiger charge is -2.14. The summed E-state index contributed by atoms with van der Waals surface area (Å²) in [4.78, 5) is 0. The molecule has 0 aliphatic heterocycles. The minimum atomic E-state index is -1.47. The van der Waals surface area contributed by atoms with Crippen LogP contribution in [0.4, 0.5) is 0 Å². The molecule has 0 aromatic carbocycles. The third-order valence-corrected chi connectivity index (χ3v) is 8.66. The second-order valence-electron chi connectivity index (χ2n) is 13.5. The van der Waals surface area contributed by atoms with Crippen molar-refractivity contribution in [3.05, 3.63) is 0 Å². The number of hydrogen-bond donors (Lipinski definition) is 4. The number of nitrogens with two attached hydrogens (primary N) is 2. The fourth-order valence-corrected chi connectivity index (χ4v) is 5.77. The summed E-state index contributed by atoms with van der Waals surface area (Å²) >= 11 is 0. The number of aliphatic hydroxyl groups is 2. The van der Waals surface area contributed by atoms with E-state index in [0.717, 1.165) is 25.9 Å². The van der Waals surface area contributed by atoms with Crippen LogP contribution in [0.15, 0.2) is 0 Å². The van der Waals surface area contributed by atoms with Crippen molar-refractivity contribution in [1.82, 2.24) is 0 Å². The quantitative estimate of drug-likeness (QED) is 0.0438. The summed E-state index contributed by atoms with van der Waals surface area (Å²) in [5.74, 6) is -1.47. The molecule has 0 fully saturated rings. The van der Waals surface area contributed by atoms with E-state index in [1.807, 2.05) is 0 Å². The lowest BCUT2D eigenvalue weighted by Crippen LogP contribution is -2.22. The van der Waals surface area contributed by atoms with Crippen molar-refractivity contribution in [2.75, 3.05) is 13.1 Å². The Morgan fingerprint density at radius 2 is 0.524 bits per heavy atom. The molecule has 0 radical (unpaired) electrons. The number of hydrogen-bond acceptors (Lipinski definition) is 4. The highest BCUT2D eigenvalue weighted by Gasteiger charge is 2.13. The molecule has 4 nitrogen and oxygen atoms in total. The summed E-state index contributed by atoms with van der Waals surface area (Å²) in [5, 5.41) is 18.4. The zero-order valence-corrected chi connectivity index (χ0v) is 29.3. The molecule has 0 unspecified atom stereocenters. The van der Waals surface area contributed by atoms with Crippen LogP contribution in [0.25, 0.3) is 0 Å². The van der Waals surface area contributed by atoms with Gasteiger partial charge in [-0.3, -0.25) is 0 Å². The highest BCUT2D eigenvalue weighted by atomic mass is 16.5. The third-order valence-electron chi connectivity index (χ3n) is 8.66. The maximum absolute atomic E-state index is 9.19. The van der Waals surface area contributed by atoms with Gasteiger partial charge in [0.1, 0.15) is 0 Å². The fourth-order valence-electron chi connectivity index (χ4n) is 5.77. The van der Waals surface area contributed by atoms with Crippen molar-refractivity contribution < 1.29 is 10.2 Å². The second kappa shape index (κ2) is 38.9. The van der Waals surface area contributed by atoms with Crippen molar-refractivity contribution in [3.8, 4) is 0 Å². The van der Waals surface area contributed by atoms with E-state index >= 15 is 0 Å². The average Bonchev–Trinajstić information content (AvgIpc) is 2.96. The van der Waals surface area contributed by atoms with Crippen molar-refractivity contribution in [2.24, 2.45) is 11.5 Å². The van der Waals surface area contributed by atoms with E-state index < -0.39 is 5.79 Å². The van der Waals surface area contributed by atoms with Crippen LogP contribution in [0, 0.1) is 0 Å². The van der Waals surface area contributed by atoms with Crippen LogP contribution in [0.2, 0.25) is 0 Å². The van der Waals surface area contributed by atoms with Crippen molar-refractivity contribution in [3.63, 3.8) is 0 Å². The van der Waals surface area contributed by atoms with Crippen LogP contribution < -0.4 is 11.5 Å². The van der Waals surface area contributed by atoms with E-state index in [0.29, 0.717) is 6.42 Å². The van der Waals surface area contributed by atoms with Gasteiger partial charge in [-0.05, 0) is 39.3 Å². The predicted octanol–water partition coefficient (Wildman–Crippen LogP) is 11.5. The topological polar surface area (TPSA) is 92.5 Å². The van der Waals surface area contributed by atoms with Gasteiger partial charge in [0.15, 0.2) is 5.79 Å². The molecule has 0 saturated heterocycles. The molecule has 0 aromatic rings. The maximum Gasteiger partial charge on any atom is 0.159 e. The summed E-state index contributed by atoms with van der Waals surface area (Å²) in [7, 11) is 0. The molecule has 0 rings (SSSR count). The molecule has 0 saturated carbocycles. The van der Waals surface area contributed by atoms with Gasteiger partial charge in [0.25, 0.3) is 0 Å². The Bertz CT molecular complexity index is 437. The highest BCUT2D eigenvalue weighted by Crippen LogP contribution is 2.16. The van der Waals surface area contributed by atoms with Crippen LogP contribution in [0.1, 0.15) is 226 Å². The SMILES string of the molecule is CC(O)(O)CCCCCCCCCCCCCCCCCCN.CCCCCCCCCCCCCCCCCCN. The summed E-state index contributed by atoms with van der Waals surface area (Å²) in [6.07, 6.45) is 44.4. The normalized spacial score (nSPS) is 11.6. The minimum absolute atomic E-state index is 0.500. The van der Waals surface area contributed by atoms with Crippen LogP contribution in [0.5, 0.6) is 0 Å². The lowest BCUT2D eigenvalue weighted by atomic mass is 10.0. The molecule has 0 aliphatic rings. The van der Waals surface area contributed by atoms with Gasteiger partial charge in [0.2, 0.25) is 0 Å². The standard InChI is InChI=1S/C20H43NO2.C18H39N/c1-20(22,23)18-16-14-12-10-8-6-4-2-3-5-7-9-11-13-15-17-19-21;1-2-3-4-5-6-7-8-9-10-11-12-13-14-15-16-17-18-19/h22-23H,2-19,21H2,1H3;2-19H2,1H3. The Hall–Kier alpha value is -0.160. The monoisotopic (exact) mass is 599 g/mol. The first-order valence-electron chi connectivity index (χ1n) is 19.3. The average molecular weight is 599 g/mol. The molecular weight excluding hydrogens is 516 g/mol. The number of unbranched alkanes of at least 4 members (excludes halogenated alkanes) is 30. The molecule has 0 amide bonds. The van der Waals surface area contributed by atoms with Crippen LogP contribution in [-0.4, -0.2) is 29.1 Å². The van der Waals surface area contributed by atoms with Gasteiger partial charge in [-0.15, -0.1) is 0 Å². The Kier molecular flexibility index (Phi) is 40.7. The first-order chi connectivity index (χ1) is 20.5. The molecule has 42 heavy (non-hydrogen) atoms. The first-order valence-corrected chi connectivity index (χ1v) is 19.3. The van der Waals surface area contributed by atoms with Crippen molar-refractivity contribution in [1.29, 1.82) is 0 Å².